The van der Waals surface area contributed by atoms with Crippen LogP contribution in [-0.4, -0.2) is 16.1 Å². The van der Waals surface area contributed by atoms with Gasteiger partial charge in [-0.05, 0) is 48.4 Å². The molecule has 0 unspecified atom stereocenters. The first-order chi connectivity index (χ1) is 12.1. The Labute approximate surface area is 153 Å². The average molecular weight is 398 g/mol. The van der Waals surface area contributed by atoms with Crippen molar-refractivity contribution in [3.05, 3.63) is 70.7 Å². The van der Waals surface area contributed by atoms with Crippen LogP contribution in [0.15, 0.2) is 64.0 Å². The maximum Gasteiger partial charge on any atom is 0.248 e. The van der Waals surface area contributed by atoms with Gasteiger partial charge in [-0.25, -0.2) is 0 Å². The maximum atomic E-state index is 11.5. The molecule has 0 saturated carbocycles. The van der Waals surface area contributed by atoms with Crippen molar-refractivity contribution in [2.75, 3.05) is 0 Å². The first-order valence-electron chi connectivity index (χ1n) is 7.67. The fourth-order valence-corrected chi connectivity index (χ4v) is 3.05. The third-order valence-corrected chi connectivity index (χ3v) is 4.20. The standard InChI is InChI=1S/C19H16BrN3O2/c1-3-17(24)21-11-16-12(2)9-14(20)10-15(16)19-23-22-18(25-19)13-7-5-4-6-8-13/h3-10H,1,11H2,2H3,(H,21,24). The van der Waals surface area contributed by atoms with Crippen LogP contribution in [0.3, 0.4) is 0 Å². The quantitative estimate of drug-likeness (QED) is 0.652. The van der Waals surface area contributed by atoms with Crippen molar-refractivity contribution < 1.29 is 9.21 Å². The van der Waals surface area contributed by atoms with Gasteiger partial charge in [-0.1, -0.05) is 40.7 Å². The van der Waals surface area contributed by atoms with Gasteiger partial charge in [0.05, 0.1) is 0 Å². The number of nitrogens with one attached hydrogen (secondary N) is 1. The maximum absolute atomic E-state index is 11.5. The Morgan fingerprint density at radius 2 is 1.96 bits per heavy atom. The molecule has 1 heterocycles. The van der Waals surface area contributed by atoms with Crippen LogP contribution < -0.4 is 5.32 Å². The number of rotatable bonds is 5. The SMILES string of the molecule is C=CC(=O)NCc1c(C)cc(Br)cc1-c1nnc(-c2ccccc2)o1. The normalized spacial score (nSPS) is 10.5. The molecular formula is C19H16BrN3O2. The van der Waals surface area contributed by atoms with Gasteiger partial charge in [-0.15, -0.1) is 10.2 Å². The zero-order valence-electron chi connectivity index (χ0n) is 13.6. The van der Waals surface area contributed by atoms with Crippen LogP contribution in [0.4, 0.5) is 0 Å². The third kappa shape index (κ3) is 3.85. The lowest BCUT2D eigenvalue weighted by molar-refractivity contribution is -0.116. The number of aromatic nitrogens is 2. The summed E-state index contributed by atoms with van der Waals surface area (Å²) in [6.45, 7) is 5.79. The second-order valence-electron chi connectivity index (χ2n) is 5.45. The van der Waals surface area contributed by atoms with Gasteiger partial charge in [-0.2, -0.15) is 0 Å². The fraction of sp³-hybridized carbons (Fsp3) is 0.105. The lowest BCUT2D eigenvalue weighted by Gasteiger charge is -2.11. The molecule has 0 aliphatic carbocycles. The molecule has 0 atom stereocenters. The zero-order chi connectivity index (χ0) is 17.8. The van der Waals surface area contributed by atoms with Crippen LogP contribution in [0.2, 0.25) is 0 Å². The summed E-state index contributed by atoms with van der Waals surface area (Å²) in [4.78, 5) is 11.5. The molecule has 3 rings (SSSR count). The van der Waals surface area contributed by atoms with Gasteiger partial charge in [0.15, 0.2) is 0 Å². The molecule has 25 heavy (non-hydrogen) atoms. The van der Waals surface area contributed by atoms with Gasteiger partial charge in [0.25, 0.3) is 0 Å². The van der Waals surface area contributed by atoms with Crippen molar-refractivity contribution >= 4 is 21.8 Å². The van der Waals surface area contributed by atoms with Gasteiger partial charge in [-0.3, -0.25) is 4.79 Å². The summed E-state index contributed by atoms with van der Waals surface area (Å²) in [5.41, 5.74) is 3.57. The summed E-state index contributed by atoms with van der Waals surface area (Å²) < 4.78 is 6.76. The van der Waals surface area contributed by atoms with Gasteiger partial charge in [0, 0.05) is 22.1 Å². The highest BCUT2D eigenvalue weighted by molar-refractivity contribution is 9.10. The van der Waals surface area contributed by atoms with Crippen molar-refractivity contribution in [2.45, 2.75) is 13.5 Å². The molecule has 0 saturated heterocycles. The number of hydrogen-bond acceptors (Lipinski definition) is 4. The number of halogens is 1. The Morgan fingerprint density at radius 1 is 1.24 bits per heavy atom. The summed E-state index contributed by atoms with van der Waals surface area (Å²) in [5.74, 6) is 0.629. The van der Waals surface area contributed by atoms with E-state index in [2.05, 4.69) is 38.0 Å². The first-order valence-corrected chi connectivity index (χ1v) is 8.46. The Morgan fingerprint density at radius 3 is 2.68 bits per heavy atom. The second-order valence-corrected chi connectivity index (χ2v) is 6.36. The number of carbonyl (C=O) groups excluding carboxylic acids is 1. The van der Waals surface area contributed by atoms with Crippen molar-refractivity contribution in [3.63, 3.8) is 0 Å². The Bertz CT molecular complexity index is 920. The molecule has 3 aromatic rings. The Kier molecular flexibility index (Phi) is 5.09. The lowest BCUT2D eigenvalue weighted by Crippen LogP contribution is -2.21. The highest BCUT2D eigenvalue weighted by atomic mass is 79.9. The molecule has 0 aliphatic rings. The number of benzene rings is 2. The predicted molar refractivity (Wildman–Crippen MR) is 99.7 cm³/mol. The summed E-state index contributed by atoms with van der Waals surface area (Å²) >= 11 is 3.50. The van der Waals surface area contributed by atoms with E-state index in [0.717, 1.165) is 26.7 Å². The topological polar surface area (TPSA) is 68.0 Å². The zero-order valence-corrected chi connectivity index (χ0v) is 15.2. The number of carbonyl (C=O) groups is 1. The second kappa shape index (κ2) is 7.44. The number of nitrogens with zero attached hydrogens (tertiary/aromatic N) is 2. The third-order valence-electron chi connectivity index (χ3n) is 3.74. The molecular weight excluding hydrogens is 382 g/mol. The van der Waals surface area contributed by atoms with Crippen molar-refractivity contribution in [2.24, 2.45) is 0 Å². The Balaban J connectivity index is 2.00. The van der Waals surface area contributed by atoms with E-state index in [1.165, 1.54) is 6.08 Å². The molecule has 1 amide bonds. The van der Waals surface area contributed by atoms with Crippen LogP contribution in [0.25, 0.3) is 22.9 Å². The smallest absolute Gasteiger partial charge is 0.248 e. The number of hydrogen-bond donors (Lipinski definition) is 1. The molecule has 6 heteroatoms. The van der Waals surface area contributed by atoms with Crippen molar-refractivity contribution in [1.82, 2.24) is 15.5 Å². The first kappa shape index (κ1) is 17.1. The van der Waals surface area contributed by atoms with Crippen LogP contribution >= 0.6 is 15.9 Å². The van der Waals surface area contributed by atoms with Gasteiger partial charge in [0.2, 0.25) is 17.7 Å². The van der Waals surface area contributed by atoms with E-state index in [1.54, 1.807) is 0 Å². The molecule has 0 radical (unpaired) electrons. The van der Waals surface area contributed by atoms with E-state index in [4.69, 9.17) is 4.42 Å². The molecule has 5 nitrogen and oxygen atoms in total. The van der Waals surface area contributed by atoms with E-state index in [9.17, 15) is 4.79 Å². The highest BCUT2D eigenvalue weighted by Gasteiger charge is 2.16. The largest absolute Gasteiger partial charge is 0.416 e. The molecule has 0 fully saturated rings. The van der Waals surface area contributed by atoms with E-state index in [1.807, 2.05) is 49.4 Å². The molecule has 0 bridgehead atoms. The van der Waals surface area contributed by atoms with Crippen LogP contribution in [-0.2, 0) is 11.3 Å². The van der Waals surface area contributed by atoms with E-state index < -0.39 is 0 Å². The predicted octanol–water partition coefficient (Wildman–Crippen LogP) is 4.28. The number of amides is 1. The summed E-state index contributed by atoms with van der Waals surface area (Å²) in [6, 6.07) is 13.5. The molecule has 2 aromatic carbocycles. The van der Waals surface area contributed by atoms with Crippen molar-refractivity contribution in [1.29, 1.82) is 0 Å². The fourth-order valence-electron chi connectivity index (χ4n) is 2.48. The van der Waals surface area contributed by atoms with E-state index in [0.29, 0.717) is 18.3 Å². The van der Waals surface area contributed by atoms with Gasteiger partial charge in [0.1, 0.15) is 0 Å². The Hall–Kier alpha value is -2.73. The molecule has 1 N–H and O–H groups in total. The molecule has 0 aliphatic heterocycles. The van der Waals surface area contributed by atoms with Crippen LogP contribution in [0.1, 0.15) is 11.1 Å². The number of aryl methyl sites for hydroxylation is 1. The highest BCUT2D eigenvalue weighted by Crippen LogP contribution is 2.31. The van der Waals surface area contributed by atoms with Gasteiger partial charge < -0.3 is 9.73 Å². The molecule has 1 aromatic heterocycles. The lowest BCUT2D eigenvalue weighted by atomic mass is 10.0. The minimum atomic E-state index is -0.233. The summed E-state index contributed by atoms with van der Waals surface area (Å²) in [7, 11) is 0. The molecule has 0 spiro atoms. The van der Waals surface area contributed by atoms with Gasteiger partial charge >= 0.3 is 0 Å². The minimum Gasteiger partial charge on any atom is -0.416 e. The summed E-state index contributed by atoms with van der Waals surface area (Å²) in [5, 5.41) is 11.1. The van der Waals surface area contributed by atoms with Crippen LogP contribution in [0.5, 0.6) is 0 Å². The summed E-state index contributed by atoms with van der Waals surface area (Å²) in [6.07, 6.45) is 1.24. The monoisotopic (exact) mass is 397 g/mol. The average Bonchev–Trinajstić information content (AvgIpc) is 3.11. The van der Waals surface area contributed by atoms with Crippen molar-refractivity contribution in [3.8, 4) is 22.9 Å². The molecule has 126 valence electrons. The van der Waals surface area contributed by atoms with E-state index >= 15 is 0 Å². The van der Waals surface area contributed by atoms with Crippen LogP contribution in [0, 0.1) is 6.92 Å². The van der Waals surface area contributed by atoms with E-state index in [-0.39, 0.29) is 5.91 Å². The minimum absolute atomic E-state index is 0.233.